The zero-order valence-corrected chi connectivity index (χ0v) is 22.5. The van der Waals surface area contributed by atoms with E-state index in [0.29, 0.717) is 18.8 Å². The van der Waals surface area contributed by atoms with Crippen LogP contribution in [0.2, 0.25) is 0 Å². The molecule has 2 unspecified atom stereocenters. The first-order valence-electron chi connectivity index (χ1n) is 12.4. The van der Waals surface area contributed by atoms with Gasteiger partial charge in [0.2, 0.25) is 0 Å². The minimum absolute atomic E-state index is 0.264. The number of nitrogens with zero attached hydrogens (tertiary/aromatic N) is 1. The zero-order chi connectivity index (χ0) is 26.9. The van der Waals surface area contributed by atoms with Crippen molar-refractivity contribution >= 4 is 23.3 Å². The number of amides is 2. The van der Waals surface area contributed by atoms with Crippen LogP contribution in [0.15, 0.2) is 60.7 Å². The summed E-state index contributed by atoms with van der Waals surface area (Å²) in [6, 6.07) is 16.5. The number of benzene rings is 2. The van der Waals surface area contributed by atoms with Gasteiger partial charge in [-0.1, -0.05) is 69.0 Å². The van der Waals surface area contributed by atoms with Crippen molar-refractivity contribution < 1.29 is 18.8 Å². The molecule has 2 amide bonds. The molecule has 0 saturated heterocycles. The van der Waals surface area contributed by atoms with Crippen LogP contribution in [0.25, 0.3) is 0 Å². The lowest BCUT2D eigenvalue weighted by atomic mass is 9.94. The third-order valence-electron chi connectivity index (χ3n) is 5.83. The van der Waals surface area contributed by atoms with Crippen LogP contribution in [0.4, 0.5) is 9.18 Å². The van der Waals surface area contributed by atoms with Gasteiger partial charge in [-0.2, -0.15) is 0 Å². The van der Waals surface area contributed by atoms with E-state index in [9.17, 15) is 14.0 Å². The topological polar surface area (TPSA) is 72.6 Å². The summed E-state index contributed by atoms with van der Waals surface area (Å²) in [4.78, 5) is 32.4. The Morgan fingerprint density at radius 1 is 1.00 bits per heavy atom. The Bertz CT molecular complexity index is 1260. The van der Waals surface area contributed by atoms with Gasteiger partial charge in [0.05, 0.1) is 10.8 Å². The van der Waals surface area contributed by atoms with E-state index in [1.165, 1.54) is 29.0 Å². The van der Waals surface area contributed by atoms with Crippen LogP contribution in [0, 0.1) is 23.6 Å². The molecule has 0 spiro atoms. The SMILES string of the molecule is CCC(C(=O)ON(C(N)=O)C(C)C#Cc1ccc(Cc2ccc(F)cc2)s1)c1ccc(CC(C)C)cc1. The number of hydroxylamine groups is 2. The maximum atomic E-state index is 13.1. The predicted octanol–water partition coefficient (Wildman–Crippen LogP) is 6.45. The first-order chi connectivity index (χ1) is 17.7. The Kier molecular flexibility index (Phi) is 9.87. The van der Waals surface area contributed by atoms with E-state index in [1.54, 1.807) is 19.1 Å². The molecule has 3 rings (SSSR count). The number of urea groups is 1. The Morgan fingerprint density at radius 2 is 1.65 bits per heavy atom. The van der Waals surface area contributed by atoms with Crippen LogP contribution in [-0.2, 0) is 22.5 Å². The summed E-state index contributed by atoms with van der Waals surface area (Å²) in [5.74, 6) is 5.18. The lowest BCUT2D eigenvalue weighted by Crippen LogP contribution is -2.43. The number of carbonyl (C=O) groups excluding carboxylic acids is 2. The molecule has 2 aromatic carbocycles. The fourth-order valence-corrected chi connectivity index (χ4v) is 4.85. The van der Waals surface area contributed by atoms with Gasteiger partial charge in [0.15, 0.2) is 0 Å². The molecule has 194 valence electrons. The molecule has 1 aromatic heterocycles. The Morgan fingerprint density at radius 3 is 2.24 bits per heavy atom. The number of rotatable bonds is 8. The molecule has 2 atom stereocenters. The van der Waals surface area contributed by atoms with Crippen molar-refractivity contribution in [2.45, 2.75) is 58.9 Å². The number of hydrogen-bond acceptors (Lipinski definition) is 4. The van der Waals surface area contributed by atoms with E-state index in [-0.39, 0.29) is 5.82 Å². The number of hydrogen-bond donors (Lipinski definition) is 1. The van der Waals surface area contributed by atoms with Gasteiger partial charge in [-0.05, 0) is 66.6 Å². The monoisotopic (exact) mass is 520 g/mol. The molecule has 7 heteroatoms. The first kappa shape index (κ1) is 27.9. The fraction of sp³-hybridized carbons (Fsp3) is 0.333. The van der Waals surface area contributed by atoms with Gasteiger partial charge >= 0.3 is 12.0 Å². The quantitative estimate of drug-likeness (QED) is 0.274. The van der Waals surface area contributed by atoms with Gasteiger partial charge < -0.3 is 10.6 Å². The molecule has 1 heterocycles. The van der Waals surface area contributed by atoms with E-state index in [1.807, 2.05) is 43.3 Å². The molecule has 2 N–H and O–H groups in total. The van der Waals surface area contributed by atoms with Gasteiger partial charge in [0, 0.05) is 11.3 Å². The maximum Gasteiger partial charge on any atom is 0.349 e. The average molecular weight is 521 g/mol. The summed E-state index contributed by atoms with van der Waals surface area (Å²) in [5.41, 5.74) is 8.56. The molecular formula is C30H33FN2O3S. The predicted molar refractivity (Wildman–Crippen MR) is 145 cm³/mol. The van der Waals surface area contributed by atoms with Crippen LogP contribution in [0.1, 0.15) is 66.5 Å². The second-order valence-electron chi connectivity index (χ2n) is 9.39. The molecule has 0 bridgehead atoms. The van der Waals surface area contributed by atoms with E-state index in [4.69, 9.17) is 10.6 Å². The first-order valence-corrected chi connectivity index (χ1v) is 13.2. The summed E-state index contributed by atoms with van der Waals surface area (Å²) in [7, 11) is 0. The molecule has 0 fully saturated rings. The summed E-state index contributed by atoms with van der Waals surface area (Å²) >= 11 is 1.51. The van der Waals surface area contributed by atoms with Crippen LogP contribution in [0.3, 0.4) is 0 Å². The minimum Gasteiger partial charge on any atom is -0.349 e. The Hall–Kier alpha value is -3.63. The van der Waals surface area contributed by atoms with Crippen molar-refractivity contribution in [2.24, 2.45) is 11.7 Å². The lowest BCUT2D eigenvalue weighted by molar-refractivity contribution is -0.181. The summed E-state index contributed by atoms with van der Waals surface area (Å²) in [6.45, 7) is 7.87. The Balaban J connectivity index is 1.66. The van der Waals surface area contributed by atoms with Crippen molar-refractivity contribution in [2.75, 3.05) is 0 Å². The fourth-order valence-electron chi connectivity index (χ4n) is 3.95. The largest absolute Gasteiger partial charge is 0.349 e. The summed E-state index contributed by atoms with van der Waals surface area (Å²) in [6.07, 6.45) is 2.15. The second-order valence-corrected chi connectivity index (χ2v) is 10.6. The van der Waals surface area contributed by atoms with Crippen molar-refractivity contribution in [1.82, 2.24) is 5.06 Å². The van der Waals surface area contributed by atoms with E-state index < -0.39 is 24.0 Å². The smallest absolute Gasteiger partial charge is 0.349 e. The highest BCUT2D eigenvalue weighted by atomic mass is 32.1. The molecule has 0 aliphatic heterocycles. The maximum absolute atomic E-state index is 13.1. The third kappa shape index (κ3) is 8.19. The molecule has 37 heavy (non-hydrogen) atoms. The summed E-state index contributed by atoms with van der Waals surface area (Å²) < 4.78 is 13.1. The molecular weight excluding hydrogens is 487 g/mol. The normalized spacial score (nSPS) is 12.4. The van der Waals surface area contributed by atoms with E-state index in [2.05, 4.69) is 25.7 Å². The average Bonchev–Trinajstić information content (AvgIpc) is 3.30. The third-order valence-corrected chi connectivity index (χ3v) is 6.83. The number of carbonyl (C=O) groups is 2. The number of primary amides is 1. The molecule has 0 saturated carbocycles. The van der Waals surface area contributed by atoms with E-state index in [0.717, 1.165) is 32.4 Å². The molecule has 5 nitrogen and oxygen atoms in total. The molecule has 0 aliphatic rings. The van der Waals surface area contributed by atoms with Crippen LogP contribution < -0.4 is 5.73 Å². The lowest BCUT2D eigenvalue weighted by Gasteiger charge is -2.24. The standard InChI is InChI=1S/C30H33FN2O3S/c1-5-28(24-11-7-22(8-12-24)18-20(2)3)29(34)36-33(30(32)35)21(4)6-15-26-16-17-27(37-26)19-23-9-13-25(31)14-10-23/h7-14,16-17,20-21,28H,5,18-19H2,1-4H3,(H2,32,35). The van der Waals surface area contributed by atoms with Gasteiger partial charge in [0.1, 0.15) is 11.9 Å². The highest BCUT2D eigenvalue weighted by Gasteiger charge is 2.27. The number of halogens is 1. The zero-order valence-electron chi connectivity index (χ0n) is 21.7. The minimum atomic E-state index is -0.888. The molecule has 0 aliphatic carbocycles. The van der Waals surface area contributed by atoms with Crippen molar-refractivity contribution in [3.05, 3.63) is 92.9 Å². The van der Waals surface area contributed by atoms with Gasteiger partial charge in [-0.15, -0.1) is 16.4 Å². The van der Waals surface area contributed by atoms with E-state index >= 15 is 0 Å². The van der Waals surface area contributed by atoms with Crippen molar-refractivity contribution in [3.63, 3.8) is 0 Å². The molecule has 3 aromatic rings. The van der Waals surface area contributed by atoms with Crippen LogP contribution in [0.5, 0.6) is 0 Å². The van der Waals surface area contributed by atoms with Gasteiger partial charge in [-0.3, -0.25) is 0 Å². The summed E-state index contributed by atoms with van der Waals surface area (Å²) in [5, 5.41) is 0.832. The molecule has 0 radical (unpaired) electrons. The number of thiophene rings is 1. The highest BCUT2D eigenvalue weighted by Crippen LogP contribution is 2.24. The highest BCUT2D eigenvalue weighted by molar-refractivity contribution is 7.12. The van der Waals surface area contributed by atoms with Crippen LogP contribution >= 0.6 is 11.3 Å². The van der Waals surface area contributed by atoms with Crippen molar-refractivity contribution in [3.8, 4) is 11.8 Å². The second kappa shape index (κ2) is 13.1. The van der Waals surface area contributed by atoms with Gasteiger partial charge in [-0.25, -0.2) is 14.0 Å². The number of nitrogens with two attached hydrogens (primary N) is 1. The van der Waals surface area contributed by atoms with Crippen LogP contribution in [-0.4, -0.2) is 23.1 Å². The van der Waals surface area contributed by atoms with Crippen molar-refractivity contribution in [1.29, 1.82) is 0 Å². The Labute approximate surface area is 222 Å². The van der Waals surface area contributed by atoms with Gasteiger partial charge in [0.25, 0.3) is 0 Å².